The van der Waals surface area contributed by atoms with Crippen LogP contribution in [0.5, 0.6) is 5.75 Å². The number of hydrogen-bond acceptors (Lipinski definition) is 5. The van der Waals surface area contributed by atoms with Gasteiger partial charge in [0, 0.05) is 20.6 Å². The monoisotopic (exact) mass is 395 g/mol. The highest BCUT2D eigenvalue weighted by molar-refractivity contribution is 7.89. The SMILES string of the molecule is CCCN1CC[C@@H]2Oc3ccccc3S(=O)(=O)N(CC(=O)N(C)C)[C@@H]2CC1. The number of amides is 1. The van der Waals surface area contributed by atoms with Gasteiger partial charge in [0.25, 0.3) is 0 Å². The van der Waals surface area contributed by atoms with Crippen molar-refractivity contribution in [3.63, 3.8) is 0 Å². The van der Waals surface area contributed by atoms with Gasteiger partial charge in [-0.25, -0.2) is 8.42 Å². The first kappa shape index (κ1) is 20.1. The molecule has 1 fully saturated rings. The predicted molar refractivity (Wildman–Crippen MR) is 103 cm³/mol. The summed E-state index contributed by atoms with van der Waals surface area (Å²) in [6.07, 6.45) is 2.18. The van der Waals surface area contributed by atoms with Crippen LogP contribution in [-0.2, 0) is 14.8 Å². The summed E-state index contributed by atoms with van der Waals surface area (Å²) in [6, 6.07) is 6.38. The molecule has 1 amide bonds. The van der Waals surface area contributed by atoms with Gasteiger partial charge in [0.2, 0.25) is 15.9 Å². The summed E-state index contributed by atoms with van der Waals surface area (Å²) >= 11 is 0. The molecule has 1 saturated heterocycles. The Hall–Kier alpha value is -1.64. The van der Waals surface area contributed by atoms with Crippen LogP contribution in [0.2, 0.25) is 0 Å². The first-order valence-electron chi connectivity index (χ1n) is 9.54. The van der Waals surface area contributed by atoms with Gasteiger partial charge >= 0.3 is 0 Å². The lowest BCUT2D eigenvalue weighted by atomic mass is 10.1. The van der Waals surface area contributed by atoms with Gasteiger partial charge in [0.05, 0.1) is 12.6 Å². The molecule has 150 valence electrons. The summed E-state index contributed by atoms with van der Waals surface area (Å²) in [5.74, 6) is 0.155. The van der Waals surface area contributed by atoms with Crippen LogP contribution in [-0.4, -0.2) is 80.9 Å². The number of likely N-dealkylation sites (N-methyl/N-ethyl adjacent to an activating group) is 1. The number of carbonyl (C=O) groups excluding carboxylic acids is 1. The molecule has 0 radical (unpaired) electrons. The summed E-state index contributed by atoms with van der Waals surface area (Å²) in [7, 11) is -0.535. The quantitative estimate of drug-likeness (QED) is 0.771. The Labute approximate surface area is 161 Å². The smallest absolute Gasteiger partial charge is 0.247 e. The summed E-state index contributed by atoms with van der Waals surface area (Å²) in [5, 5.41) is 0. The molecule has 1 aromatic carbocycles. The maximum atomic E-state index is 13.4. The maximum Gasteiger partial charge on any atom is 0.247 e. The zero-order valence-electron chi connectivity index (χ0n) is 16.3. The minimum atomic E-state index is -3.82. The van der Waals surface area contributed by atoms with Gasteiger partial charge in [-0.05, 0) is 44.5 Å². The fraction of sp³-hybridized carbons (Fsp3) is 0.632. The van der Waals surface area contributed by atoms with E-state index in [-0.39, 0.29) is 29.5 Å². The van der Waals surface area contributed by atoms with Crippen LogP contribution < -0.4 is 4.74 Å². The zero-order valence-corrected chi connectivity index (χ0v) is 17.1. The Kier molecular flexibility index (Phi) is 6.08. The average Bonchev–Trinajstić information content (AvgIpc) is 2.86. The highest BCUT2D eigenvalue weighted by atomic mass is 32.2. The highest BCUT2D eigenvalue weighted by Crippen LogP contribution is 2.36. The van der Waals surface area contributed by atoms with Crippen LogP contribution in [0.15, 0.2) is 29.2 Å². The Balaban J connectivity index is 2.01. The lowest BCUT2D eigenvalue weighted by molar-refractivity contribution is -0.129. The van der Waals surface area contributed by atoms with E-state index >= 15 is 0 Å². The van der Waals surface area contributed by atoms with Gasteiger partial charge in [-0.1, -0.05) is 19.1 Å². The van der Waals surface area contributed by atoms with E-state index in [2.05, 4.69) is 11.8 Å². The second-order valence-electron chi connectivity index (χ2n) is 7.43. The topological polar surface area (TPSA) is 70.2 Å². The van der Waals surface area contributed by atoms with Crippen molar-refractivity contribution in [2.24, 2.45) is 0 Å². The van der Waals surface area contributed by atoms with Crippen molar-refractivity contribution in [1.29, 1.82) is 0 Å². The number of sulfonamides is 1. The number of ether oxygens (including phenoxy) is 1. The van der Waals surface area contributed by atoms with Crippen LogP contribution in [0, 0.1) is 0 Å². The van der Waals surface area contributed by atoms with Crippen LogP contribution in [0.25, 0.3) is 0 Å². The zero-order chi connectivity index (χ0) is 19.6. The van der Waals surface area contributed by atoms with Gasteiger partial charge < -0.3 is 14.5 Å². The molecule has 0 bridgehead atoms. The molecule has 3 rings (SSSR count). The third-order valence-electron chi connectivity index (χ3n) is 5.31. The number of fused-ring (bicyclic) bond motifs is 2. The number of para-hydroxylation sites is 1. The minimum absolute atomic E-state index is 0.148. The van der Waals surface area contributed by atoms with Crippen molar-refractivity contribution < 1.29 is 17.9 Å². The molecule has 2 heterocycles. The highest BCUT2D eigenvalue weighted by Gasteiger charge is 2.44. The predicted octanol–water partition coefficient (Wildman–Crippen LogP) is 1.40. The number of benzene rings is 1. The van der Waals surface area contributed by atoms with Crippen LogP contribution in [0.3, 0.4) is 0 Å². The van der Waals surface area contributed by atoms with Gasteiger partial charge in [0.15, 0.2) is 0 Å². The van der Waals surface area contributed by atoms with Crippen LogP contribution >= 0.6 is 0 Å². The van der Waals surface area contributed by atoms with E-state index in [1.807, 2.05) is 0 Å². The molecule has 2 aliphatic rings. The number of carbonyl (C=O) groups is 1. The fourth-order valence-corrected chi connectivity index (χ4v) is 5.58. The largest absolute Gasteiger partial charge is 0.487 e. The molecule has 2 atom stereocenters. The lowest BCUT2D eigenvalue weighted by Crippen LogP contribution is -2.50. The average molecular weight is 396 g/mol. The molecule has 27 heavy (non-hydrogen) atoms. The standard InChI is InChI=1S/C19H29N3O4S/c1-4-11-21-12-9-15-16(10-13-21)26-17-7-5-6-8-18(17)27(24,25)22(15)14-19(23)20(2)3/h5-8,15-16H,4,9-14H2,1-3H3/t15-,16+/m1/s1. The first-order chi connectivity index (χ1) is 12.8. The molecule has 0 aromatic heterocycles. The molecule has 0 spiro atoms. The number of rotatable bonds is 4. The molecule has 0 aliphatic carbocycles. The normalized spacial score (nSPS) is 25.4. The van der Waals surface area contributed by atoms with Crippen LogP contribution in [0.1, 0.15) is 26.2 Å². The second-order valence-corrected chi connectivity index (χ2v) is 9.29. The molecule has 0 unspecified atom stereocenters. The molecule has 8 heteroatoms. The number of nitrogens with zero attached hydrogens (tertiary/aromatic N) is 3. The Morgan fingerprint density at radius 3 is 2.63 bits per heavy atom. The molecule has 1 aromatic rings. The van der Waals surface area contributed by atoms with Gasteiger partial charge in [-0.2, -0.15) is 4.31 Å². The van der Waals surface area contributed by atoms with E-state index in [4.69, 9.17) is 4.74 Å². The van der Waals surface area contributed by atoms with Crippen molar-refractivity contribution in [2.75, 3.05) is 40.3 Å². The molecule has 2 aliphatic heterocycles. The van der Waals surface area contributed by atoms with Crippen molar-refractivity contribution in [2.45, 2.75) is 43.2 Å². The summed E-state index contributed by atoms with van der Waals surface area (Å²) in [6.45, 7) is 4.63. The number of likely N-dealkylation sites (tertiary alicyclic amines) is 1. The molecule has 7 nitrogen and oxygen atoms in total. The van der Waals surface area contributed by atoms with Crippen molar-refractivity contribution in [3.8, 4) is 5.75 Å². The van der Waals surface area contributed by atoms with E-state index < -0.39 is 10.0 Å². The van der Waals surface area contributed by atoms with Gasteiger partial charge in [0.1, 0.15) is 16.7 Å². The molecule has 0 N–H and O–H groups in total. The summed E-state index contributed by atoms with van der Waals surface area (Å²) < 4.78 is 34.4. The summed E-state index contributed by atoms with van der Waals surface area (Å²) in [4.78, 5) is 16.3. The van der Waals surface area contributed by atoms with Gasteiger partial charge in [-0.15, -0.1) is 0 Å². The van der Waals surface area contributed by atoms with Gasteiger partial charge in [-0.3, -0.25) is 4.79 Å². The third-order valence-corrected chi connectivity index (χ3v) is 7.22. The fourth-order valence-electron chi connectivity index (χ4n) is 3.83. The maximum absolute atomic E-state index is 13.4. The number of hydrogen-bond donors (Lipinski definition) is 0. The van der Waals surface area contributed by atoms with E-state index in [1.165, 1.54) is 9.21 Å². The van der Waals surface area contributed by atoms with E-state index in [1.54, 1.807) is 38.4 Å². The van der Waals surface area contributed by atoms with Crippen LogP contribution in [0.4, 0.5) is 0 Å². The van der Waals surface area contributed by atoms with Crippen molar-refractivity contribution >= 4 is 15.9 Å². The second kappa shape index (κ2) is 8.16. The van der Waals surface area contributed by atoms with E-state index in [9.17, 15) is 13.2 Å². The van der Waals surface area contributed by atoms with Crippen molar-refractivity contribution in [3.05, 3.63) is 24.3 Å². The third kappa shape index (κ3) is 4.12. The molecule has 0 saturated carbocycles. The summed E-state index contributed by atoms with van der Waals surface area (Å²) in [5.41, 5.74) is 0. The Morgan fingerprint density at radius 2 is 1.93 bits per heavy atom. The van der Waals surface area contributed by atoms with E-state index in [0.29, 0.717) is 12.2 Å². The molecular weight excluding hydrogens is 366 g/mol. The Morgan fingerprint density at radius 1 is 1.22 bits per heavy atom. The molecular formula is C19H29N3O4S. The van der Waals surface area contributed by atoms with Crippen molar-refractivity contribution in [1.82, 2.24) is 14.1 Å². The minimum Gasteiger partial charge on any atom is -0.487 e. The lowest BCUT2D eigenvalue weighted by Gasteiger charge is -2.32. The first-order valence-corrected chi connectivity index (χ1v) is 11.0. The van der Waals surface area contributed by atoms with E-state index in [0.717, 1.165) is 32.5 Å². The Bertz CT molecular complexity index is 781.